The summed E-state index contributed by atoms with van der Waals surface area (Å²) in [5.74, 6) is 0.426. The molecule has 1 aromatic rings. The second kappa shape index (κ2) is 5.42. The standard InChI is InChI=1S/C11H13BrClNO3/c12-9-2-1-8(17-9)10(15)14-11(7-13)3-5-16-6-4-11/h1-2H,3-7H2,(H,14,15). The number of carbonyl (C=O) groups excluding carboxylic acids is 1. The molecule has 0 aromatic carbocycles. The first-order valence-corrected chi connectivity index (χ1v) is 6.69. The Morgan fingerprint density at radius 2 is 2.18 bits per heavy atom. The quantitative estimate of drug-likeness (QED) is 0.870. The Balaban J connectivity index is 2.05. The fourth-order valence-electron chi connectivity index (χ4n) is 1.79. The molecule has 1 fully saturated rings. The first-order valence-electron chi connectivity index (χ1n) is 5.37. The Hall–Kier alpha value is -0.520. The normalized spacial score (nSPS) is 18.9. The van der Waals surface area contributed by atoms with Gasteiger partial charge in [0.15, 0.2) is 10.4 Å². The fourth-order valence-corrected chi connectivity index (χ4v) is 2.43. The Labute approximate surface area is 113 Å². The van der Waals surface area contributed by atoms with Gasteiger partial charge in [-0.3, -0.25) is 4.79 Å². The highest BCUT2D eigenvalue weighted by molar-refractivity contribution is 9.10. The van der Waals surface area contributed by atoms with Gasteiger partial charge >= 0.3 is 0 Å². The molecular weight excluding hydrogens is 309 g/mol. The third-order valence-corrected chi connectivity index (χ3v) is 3.82. The number of furan rings is 1. The molecule has 1 aliphatic heterocycles. The molecule has 1 aliphatic rings. The van der Waals surface area contributed by atoms with E-state index in [9.17, 15) is 4.79 Å². The fraction of sp³-hybridized carbons (Fsp3) is 0.545. The topological polar surface area (TPSA) is 51.5 Å². The molecule has 17 heavy (non-hydrogen) atoms. The maximum atomic E-state index is 12.0. The van der Waals surface area contributed by atoms with Crippen LogP contribution in [0.1, 0.15) is 23.4 Å². The van der Waals surface area contributed by atoms with E-state index in [1.165, 1.54) is 0 Å². The highest BCUT2D eigenvalue weighted by Crippen LogP contribution is 2.23. The van der Waals surface area contributed by atoms with Gasteiger partial charge in [0, 0.05) is 19.1 Å². The molecule has 1 aromatic heterocycles. The molecule has 4 nitrogen and oxygen atoms in total. The van der Waals surface area contributed by atoms with Crippen LogP contribution in [0.5, 0.6) is 0 Å². The van der Waals surface area contributed by atoms with Gasteiger partial charge in [0.1, 0.15) is 0 Å². The van der Waals surface area contributed by atoms with Crippen LogP contribution in [-0.4, -0.2) is 30.5 Å². The van der Waals surface area contributed by atoms with Crippen molar-refractivity contribution >= 4 is 33.4 Å². The monoisotopic (exact) mass is 321 g/mol. The summed E-state index contributed by atoms with van der Waals surface area (Å²) in [5, 5.41) is 2.95. The molecule has 2 rings (SSSR count). The summed E-state index contributed by atoms with van der Waals surface area (Å²) in [6, 6.07) is 3.31. The van der Waals surface area contributed by atoms with E-state index in [1.807, 2.05) is 0 Å². The summed E-state index contributed by atoms with van der Waals surface area (Å²) in [5.41, 5.74) is -0.379. The molecule has 0 radical (unpaired) electrons. The second-order valence-electron chi connectivity index (χ2n) is 4.08. The third kappa shape index (κ3) is 3.03. The van der Waals surface area contributed by atoms with Crippen molar-refractivity contribution in [2.24, 2.45) is 0 Å². The Bertz CT molecular complexity index is 401. The summed E-state index contributed by atoms with van der Waals surface area (Å²) in [6.07, 6.45) is 1.45. The van der Waals surface area contributed by atoms with Crippen molar-refractivity contribution in [1.29, 1.82) is 0 Å². The van der Waals surface area contributed by atoms with E-state index in [-0.39, 0.29) is 17.2 Å². The van der Waals surface area contributed by atoms with Crippen molar-refractivity contribution in [2.75, 3.05) is 19.1 Å². The van der Waals surface area contributed by atoms with Gasteiger partial charge in [-0.1, -0.05) is 0 Å². The molecule has 2 heterocycles. The summed E-state index contributed by atoms with van der Waals surface area (Å²) in [6.45, 7) is 1.24. The molecule has 1 saturated heterocycles. The number of carbonyl (C=O) groups is 1. The van der Waals surface area contributed by atoms with E-state index in [0.29, 0.717) is 23.8 Å². The van der Waals surface area contributed by atoms with Gasteiger partial charge < -0.3 is 14.5 Å². The SMILES string of the molecule is O=C(NC1(CCl)CCOCC1)c1ccc(Br)o1. The zero-order valence-corrected chi connectivity index (χ0v) is 11.5. The van der Waals surface area contributed by atoms with E-state index in [4.69, 9.17) is 20.8 Å². The maximum Gasteiger partial charge on any atom is 0.287 e. The van der Waals surface area contributed by atoms with E-state index in [0.717, 1.165) is 12.8 Å². The molecule has 94 valence electrons. The minimum absolute atomic E-state index is 0.238. The number of amides is 1. The van der Waals surface area contributed by atoms with Gasteiger partial charge in [0.25, 0.3) is 5.91 Å². The van der Waals surface area contributed by atoms with Crippen molar-refractivity contribution < 1.29 is 13.9 Å². The Morgan fingerprint density at radius 3 is 2.71 bits per heavy atom. The summed E-state index contributed by atoms with van der Waals surface area (Å²) in [4.78, 5) is 12.0. The molecule has 0 atom stereocenters. The summed E-state index contributed by atoms with van der Waals surface area (Å²) >= 11 is 9.13. The van der Waals surface area contributed by atoms with Gasteiger partial charge in [-0.2, -0.15) is 0 Å². The average Bonchev–Trinajstić information content (AvgIpc) is 2.77. The van der Waals surface area contributed by atoms with Crippen LogP contribution < -0.4 is 5.32 Å². The number of nitrogens with one attached hydrogen (secondary N) is 1. The van der Waals surface area contributed by atoms with Gasteiger partial charge in [-0.05, 0) is 40.9 Å². The Morgan fingerprint density at radius 1 is 1.47 bits per heavy atom. The minimum Gasteiger partial charge on any atom is -0.444 e. The molecule has 0 saturated carbocycles. The van der Waals surface area contributed by atoms with Crippen LogP contribution in [0.15, 0.2) is 21.2 Å². The maximum absolute atomic E-state index is 12.0. The first kappa shape index (κ1) is 12.9. The van der Waals surface area contributed by atoms with Crippen LogP contribution in [-0.2, 0) is 4.74 Å². The predicted octanol–water partition coefficient (Wildman–Crippen LogP) is 2.56. The highest BCUT2D eigenvalue weighted by Gasteiger charge is 2.34. The van der Waals surface area contributed by atoms with Crippen LogP contribution in [0.3, 0.4) is 0 Å². The molecule has 0 spiro atoms. The number of hydrogen-bond donors (Lipinski definition) is 1. The van der Waals surface area contributed by atoms with E-state index in [1.54, 1.807) is 12.1 Å². The van der Waals surface area contributed by atoms with Crippen LogP contribution in [0.25, 0.3) is 0 Å². The molecule has 6 heteroatoms. The summed E-state index contributed by atoms with van der Waals surface area (Å²) < 4.78 is 11.0. The highest BCUT2D eigenvalue weighted by atomic mass is 79.9. The molecule has 1 N–H and O–H groups in total. The largest absolute Gasteiger partial charge is 0.444 e. The molecule has 0 aliphatic carbocycles. The third-order valence-electron chi connectivity index (χ3n) is 2.88. The van der Waals surface area contributed by atoms with E-state index in [2.05, 4.69) is 21.2 Å². The summed E-state index contributed by atoms with van der Waals surface area (Å²) in [7, 11) is 0. The van der Waals surface area contributed by atoms with E-state index < -0.39 is 0 Å². The molecular formula is C11H13BrClNO3. The van der Waals surface area contributed by atoms with Crippen LogP contribution >= 0.6 is 27.5 Å². The Kier molecular flexibility index (Phi) is 4.12. The zero-order valence-electron chi connectivity index (χ0n) is 9.17. The van der Waals surface area contributed by atoms with Crippen LogP contribution in [0, 0.1) is 0 Å². The van der Waals surface area contributed by atoms with Crippen molar-refractivity contribution in [1.82, 2.24) is 5.32 Å². The van der Waals surface area contributed by atoms with Crippen molar-refractivity contribution in [3.8, 4) is 0 Å². The lowest BCUT2D eigenvalue weighted by molar-refractivity contribution is 0.0425. The van der Waals surface area contributed by atoms with Gasteiger partial charge in [0.2, 0.25) is 0 Å². The van der Waals surface area contributed by atoms with Gasteiger partial charge in [0.05, 0.1) is 5.54 Å². The lowest BCUT2D eigenvalue weighted by Crippen LogP contribution is -2.53. The van der Waals surface area contributed by atoms with Crippen LogP contribution in [0.4, 0.5) is 0 Å². The lowest BCUT2D eigenvalue weighted by atomic mass is 9.92. The average molecular weight is 323 g/mol. The van der Waals surface area contributed by atoms with Gasteiger partial charge in [-0.25, -0.2) is 0 Å². The minimum atomic E-state index is -0.379. The zero-order chi connectivity index (χ0) is 12.3. The number of ether oxygens (including phenoxy) is 1. The number of rotatable bonds is 3. The van der Waals surface area contributed by atoms with E-state index >= 15 is 0 Å². The molecule has 0 bridgehead atoms. The van der Waals surface area contributed by atoms with Gasteiger partial charge in [-0.15, -0.1) is 11.6 Å². The number of alkyl halides is 1. The van der Waals surface area contributed by atoms with Crippen LogP contribution in [0.2, 0.25) is 0 Å². The first-order chi connectivity index (χ1) is 8.15. The predicted molar refractivity (Wildman–Crippen MR) is 67.4 cm³/mol. The van der Waals surface area contributed by atoms with Crippen molar-refractivity contribution in [3.05, 3.63) is 22.6 Å². The lowest BCUT2D eigenvalue weighted by Gasteiger charge is -2.35. The second-order valence-corrected chi connectivity index (χ2v) is 5.13. The number of halogens is 2. The molecule has 0 unspecified atom stereocenters. The van der Waals surface area contributed by atoms with Crippen molar-refractivity contribution in [3.63, 3.8) is 0 Å². The van der Waals surface area contributed by atoms with Crippen molar-refractivity contribution in [2.45, 2.75) is 18.4 Å². The number of hydrogen-bond acceptors (Lipinski definition) is 3. The smallest absolute Gasteiger partial charge is 0.287 e. The molecule has 1 amide bonds.